The zero-order chi connectivity index (χ0) is 8.04. The molecular weight excluding hydrogens is 138 g/mol. The van der Waals surface area contributed by atoms with E-state index in [1.165, 1.54) is 18.5 Å². The molecule has 0 spiro atoms. The van der Waals surface area contributed by atoms with Gasteiger partial charge in [-0.3, -0.25) is 0 Å². The fraction of sp³-hybridized carbons (Fsp3) is 1.00. The molecule has 0 aromatic heterocycles. The van der Waals surface area contributed by atoms with E-state index in [1.807, 2.05) is 0 Å². The highest BCUT2D eigenvalue weighted by Gasteiger charge is 2.21. The number of rotatable bonds is 5. The van der Waals surface area contributed by atoms with E-state index < -0.39 is 8.24 Å². The number of hydrogen-bond acceptors (Lipinski definition) is 1. The van der Waals surface area contributed by atoms with Crippen LogP contribution in [0.15, 0.2) is 0 Å². The van der Waals surface area contributed by atoms with E-state index in [1.54, 1.807) is 0 Å². The Bertz CT molecular complexity index is 77.3. The van der Waals surface area contributed by atoms with Crippen molar-refractivity contribution < 1.29 is 0 Å². The van der Waals surface area contributed by atoms with Crippen LogP contribution in [0.4, 0.5) is 0 Å². The van der Waals surface area contributed by atoms with Crippen LogP contribution in [-0.4, -0.2) is 14.8 Å². The Kier molecular flexibility index (Phi) is 5.00. The lowest BCUT2D eigenvalue weighted by Crippen LogP contribution is -2.46. The van der Waals surface area contributed by atoms with Gasteiger partial charge in [-0.15, -0.1) is 0 Å². The molecule has 0 fully saturated rings. The van der Waals surface area contributed by atoms with Crippen LogP contribution in [0.2, 0.25) is 18.6 Å². The highest BCUT2D eigenvalue weighted by molar-refractivity contribution is 6.76. The second-order valence-corrected chi connectivity index (χ2v) is 7.88. The second-order valence-electron chi connectivity index (χ2n) is 3.19. The summed E-state index contributed by atoms with van der Waals surface area (Å²) in [5.74, 6) is 0. The normalized spacial score (nSPS) is 16.8. The van der Waals surface area contributed by atoms with Crippen molar-refractivity contribution in [3.8, 4) is 0 Å². The van der Waals surface area contributed by atoms with Crippen LogP contribution in [0.3, 0.4) is 0 Å². The Labute approximate surface area is 66.3 Å². The van der Waals surface area contributed by atoms with Gasteiger partial charge >= 0.3 is 0 Å². The summed E-state index contributed by atoms with van der Waals surface area (Å²) in [6.07, 6.45) is 1.34. The van der Waals surface area contributed by atoms with Gasteiger partial charge in [0, 0.05) is 0 Å². The quantitative estimate of drug-likeness (QED) is 0.608. The standard InChI is InChI=1S/C8H21NSi/c1-5-8-10(4,7-3)9-6-2/h9H,5-8H2,1-4H3. The van der Waals surface area contributed by atoms with Crippen molar-refractivity contribution in [3.05, 3.63) is 0 Å². The zero-order valence-corrected chi connectivity index (χ0v) is 8.83. The minimum Gasteiger partial charge on any atom is -0.337 e. The largest absolute Gasteiger partial charge is 0.337 e. The van der Waals surface area contributed by atoms with E-state index in [2.05, 4.69) is 32.3 Å². The highest BCUT2D eigenvalue weighted by Crippen LogP contribution is 2.12. The topological polar surface area (TPSA) is 12.0 Å². The summed E-state index contributed by atoms with van der Waals surface area (Å²) >= 11 is 0. The van der Waals surface area contributed by atoms with Crippen molar-refractivity contribution in [3.63, 3.8) is 0 Å². The third-order valence-corrected chi connectivity index (χ3v) is 6.56. The van der Waals surface area contributed by atoms with Crippen LogP contribution in [0.5, 0.6) is 0 Å². The van der Waals surface area contributed by atoms with Gasteiger partial charge in [-0.1, -0.05) is 33.7 Å². The molecule has 62 valence electrons. The van der Waals surface area contributed by atoms with Gasteiger partial charge in [0.15, 0.2) is 0 Å². The van der Waals surface area contributed by atoms with E-state index in [-0.39, 0.29) is 0 Å². The van der Waals surface area contributed by atoms with Gasteiger partial charge in [0.1, 0.15) is 8.24 Å². The van der Waals surface area contributed by atoms with Gasteiger partial charge in [0.05, 0.1) is 0 Å². The molecule has 1 nitrogen and oxygen atoms in total. The van der Waals surface area contributed by atoms with Crippen molar-refractivity contribution >= 4 is 8.24 Å². The van der Waals surface area contributed by atoms with Gasteiger partial charge in [-0.05, 0) is 18.6 Å². The molecule has 0 aliphatic heterocycles. The summed E-state index contributed by atoms with van der Waals surface area (Å²) in [5, 5.41) is 0. The van der Waals surface area contributed by atoms with Crippen LogP contribution >= 0.6 is 0 Å². The summed E-state index contributed by atoms with van der Waals surface area (Å²) in [7, 11) is -0.973. The smallest absolute Gasteiger partial charge is 0.122 e. The lowest BCUT2D eigenvalue weighted by Gasteiger charge is -2.25. The molecule has 0 rings (SSSR count). The Morgan fingerprint density at radius 3 is 2.10 bits per heavy atom. The molecule has 0 radical (unpaired) electrons. The van der Waals surface area contributed by atoms with Gasteiger partial charge < -0.3 is 4.98 Å². The molecule has 2 heteroatoms. The predicted molar refractivity (Wildman–Crippen MR) is 50.9 cm³/mol. The Morgan fingerprint density at radius 1 is 1.20 bits per heavy atom. The highest BCUT2D eigenvalue weighted by atomic mass is 28.3. The molecular formula is C8H21NSi. The fourth-order valence-corrected chi connectivity index (χ4v) is 4.11. The third kappa shape index (κ3) is 3.37. The molecule has 1 unspecified atom stereocenters. The van der Waals surface area contributed by atoms with E-state index in [9.17, 15) is 0 Å². The molecule has 0 aromatic carbocycles. The Balaban J connectivity index is 3.69. The summed E-state index contributed by atoms with van der Waals surface area (Å²) in [6.45, 7) is 10.4. The minimum atomic E-state index is -0.973. The Hall–Kier alpha value is 0.177. The summed E-state index contributed by atoms with van der Waals surface area (Å²) in [5.41, 5.74) is 0. The summed E-state index contributed by atoms with van der Waals surface area (Å²) in [4.78, 5) is 3.65. The monoisotopic (exact) mass is 159 g/mol. The maximum absolute atomic E-state index is 3.65. The first-order valence-electron chi connectivity index (χ1n) is 4.43. The van der Waals surface area contributed by atoms with Crippen LogP contribution in [0.1, 0.15) is 27.2 Å². The molecule has 0 amide bonds. The van der Waals surface area contributed by atoms with E-state index >= 15 is 0 Å². The van der Waals surface area contributed by atoms with Crippen LogP contribution in [0, 0.1) is 0 Å². The molecule has 1 N–H and O–H groups in total. The first-order valence-corrected chi connectivity index (χ1v) is 7.35. The molecule has 0 heterocycles. The van der Waals surface area contributed by atoms with E-state index in [4.69, 9.17) is 0 Å². The molecule has 0 bridgehead atoms. The predicted octanol–water partition coefficient (Wildman–Crippen LogP) is 2.60. The van der Waals surface area contributed by atoms with Crippen LogP contribution < -0.4 is 4.98 Å². The maximum atomic E-state index is 3.65. The number of nitrogens with one attached hydrogen (secondary N) is 1. The lowest BCUT2D eigenvalue weighted by molar-refractivity contribution is 0.899. The fourth-order valence-electron chi connectivity index (χ4n) is 1.37. The maximum Gasteiger partial charge on any atom is 0.122 e. The average Bonchev–Trinajstić information content (AvgIpc) is 1.89. The molecule has 0 aromatic rings. The minimum absolute atomic E-state index is 0.973. The summed E-state index contributed by atoms with van der Waals surface area (Å²) in [6, 6.07) is 2.80. The molecule has 0 aliphatic carbocycles. The van der Waals surface area contributed by atoms with Gasteiger partial charge in [0.25, 0.3) is 0 Å². The third-order valence-electron chi connectivity index (χ3n) is 2.19. The lowest BCUT2D eigenvalue weighted by atomic mass is 10.6. The van der Waals surface area contributed by atoms with Crippen molar-refractivity contribution in [2.24, 2.45) is 0 Å². The molecule has 0 saturated heterocycles. The van der Waals surface area contributed by atoms with Gasteiger partial charge in [-0.25, -0.2) is 0 Å². The van der Waals surface area contributed by atoms with Crippen LogP contribution in [0.25, 0.3) is 0 Å². The van der Waals surface area contributed by atoms with Gasteiger partial charge in [-0.2, -0.15) is 0 Å². The SMILES string of the molecule is CCC[Si](C)(CC)NCC. The second kappa shape index (κ2) is 4.91. The van der Waals surface area contributed by atoms with Crippen molar-refractivity contribution in [2.45, 2.75) is 45.8 Å². The molecule has 0 aliphatic rings. The van der Waals surface area contributed by atoms with E-state index in [0.29, 0.717) is 0 Å². The molecule has 0 saturated carbocycles. The Morgan fingerprint density at radius 2 is 1.80 bits per heavy atom. The average molecular weight is 159 g/mol. The van der Waals surface area contributed by atoms with Crippen molar-refractivity contribution in [1.82, 2.24) is 4.98 Å². The van der Waals surface area contributed by atoms with E-state index in [0.717, 1.165) is 6.54 Å². The molecule has 10 heavy (non-hydrogen) atoms. The van der Waals surface area contributed by atoms with Crippen LogP contribution in [-0.2, 0) is 0 Å². The first-order chi connectivity index (χ1) is 4.68. The zero-order valence-electron chi connectivity index (χ0n) is 7.83. The van der Waals surface area contributed by atoms with Crippen molar-refractivity contribution in [2.75, 3.05) is 6.54 Å². The van der Waals surface area contributed by atoms with Gasteiger partial charge in [0.2, 0.25) is 0 Å². The number of hydrogen-bond donors (Lipinski definition) is 1. The van der Waals surface area contributed by atoms with Crippen molar-refractivity contribution in [1.29, 1.82) is 0 Å². The first kappa shape index (κ1) is 10.2. The summed E-state index contributed by atoms with van der Waals surface area (Å²) < 4.78 is 0. The molecule has 1 atom stereocenters.